The van der Waals surface area contributed by atoms with Crippen LogP contribution in [0.15, 0.2) is 83.8 Å². The summed E-state index contributed by atoms with van der Waals surface area (Å²) in [6, 6.07) is 22.1. The first-order valence-electron chi connectivity index (χ1n) is 12.8. The summed E-state index contributed by atoms with van der Waals surface area (Å²) < 4.78 is 60.3. The standard InChI is InChI=1S/C28H33N3O6S2/c1-37-26-15-11-25(12-16-26)30-39(35,36)27-17-13-24(14-18-27)29-28(32)23-10-5-19-31(21-23)38(33,34)20-6-9-22-7-3-2-4-8-22/h2-4,7-8,11-18,23,30H,5-6,9-10,19-21H2,1H3,(H,29,32). The molecule has 0 radical (unpaired) electrons. The molecule has 1 fully saturated rings. The van der Waals surface area contributed by atoms with E-state index in [0.29, 0.717) is 49.4 Å². The number of carbonyl (C=O) groups is 1. The fourth-order valence-corrected chi connectivity index (χ4v) is 7.12. The van der Waals surface area contributed by atoms with Gasteiger partial charge in [0.15, 0.2) is 0 Å². The van der Waals surface area contributed by atoms with Crippen molar-refractivity contribution in [1.29, 1.82) is 0 Å². The highest BCUT2D eigenvalue weighted by molar-refractivity contribution is 7.92. The highest BCUT2D eigenvalue weighted by atomic mass is 32.2. The molecule has 11 heteroatoms. The molecule has 0 aromatic heterocycles. The van der Waals surface area contributed by atoms with Gasteiger partial charge in [0.25, 0.3) is 10.0 Å². The molecule has 1 unspecified atom stereocenters. The summed E-state index contributed by atoms with van der Waals surface area (Å²) in [6.45, 7) is 0.545. The summed E-state index contributed by atoms with van der Waals surface area (Å²) >= 11 is 0. The third kappa shape index (κ3) is 7.81. The molecule has 2 N–H and O–H groups in total. The van der Waals surface area contributed by atoms with Crippen LogP contribution in [-0.4, -0.2) is 53.0 Å². The Morgan fingerprint density at radius 2 is 1.59 bits per heavy atom. The molecule has 3 aromatic rings. The molecule has 9 nitrogen and oxygen atoms in total. The highest BCUT2D eigenvalue weighted by Gasteiger charge is 2.32. The lowest BCUT2D eigenvalue weighted by atomic mass is 9.99. The number of ether oxygens (including phenoxy) is 1. The molecule has 0 aliphatic carbocycles. The van der Waals surface area contributed by atoms with Gasteiger partial charge in [0.05, 0.1) is 23.7 Å². The molecule has 208 valence electrons. The number of benzene rings is 3. The van der Waals surface area contributed by atoms with E-state index in [-0.39, 0.29) is 23.1 Å². The largest absolute Gasteiger partial charge is 0.497 e. The van der Waals surface area contributed by atoms with Crippen molar-refractivity contribution in [3.8, 4) is 5.75 Å². The second kappa shape index (κ2) is 12.6. The zero-order chi connectivity index (χ0) is 27.9. The Hall–Kier alpha value is -3.41. The van der Waals surface area contributed by atoms with Crippen LogP contribution in [0.4, 0.5) is 11.4 Å². The normalized spacial score (nSPS) is 16.4. The van der Waals surface area contributed by atoms with Gasteiger partial charge < -0.3 is 10.1 Å². The predicted octanol–water partition coefficient (Wildman–Crippen LogP) is 4.11. The van der Waals surface area contributed by atoms with E-state index in [1.807, 2.05) is 30.3 Å². The van der Waals surface area contributed by atoms with Crippen LogP contribution in [0.25, 0.3) is 0 Å². The van der Waals surface area contributed by atoms with Gasteiger partial charge in [-0.3, -0.25) is 9.52 Å². The minimum absolute atomic E-state index is 0.0384. The van der Waals surface area contributed by atoms with E-state index < -0.39 is 26.0 Å². The van der Waals surface area contributed by atoms with Crippen molar-refractivity contribution in [2.45, 2.75) is 30.6 Å². The number of nitrogens with one attached hydrogen (secondary N) is 2. The minimum atomic E-state index is -3.82. The van der Waals surface area contributed by atoms with Crippen molar-refractivity contribution in [2.24, 2.45) is 5.92 Å². The van der Waals surface area contributed by atoms with Gasteiger partial charge in [-0.05, 0) is 79.8 Å². The summed E-state index contributed by atoms with van der Waals surface area (Å²) in [7, 11) is -5.77. The summed E-state index contributed by atoms with van der Waals surface area (Å²) in [4.78, 5) is 13.0. The van der Waals surface area contributed by atoms with Crippen LogP contribution < -0.4 is 14.8 Å². The minimum Gasteiger partial charge on any atom is -0.497 e. The first-order chi connectivity index (χ1) is 18.7. The predicted molar refractivity (Wildman–Crippen MR) is 152 cm³/mol. The van der Waals surface area contributed by atoms with Crippen molar-refractivity contribution in [3.63, 3.8) is 0 Å². The van der Waals surface area contributed by atoms with Crippen LogP contribution in [-0.2, 0) is 31.3 Å². The topological polar surface area (TPSA) is 122 Å². The summed E-state index contributed by atoms with van der Waals surface area (Å²) in [5.41, 5.74) is 1.93. The Kier molecular flexibility index (Phi) is 9.26. The lowest BCUT2D eigenvalue weighted by Crippen LogP contribution is -2.44. The van der Waals surface area contributed by atoms with Crippen molar-refractivity contribution >= 4 is 37.3 Å². The molecule has 1 heterocycles. The average molecular weight is 572 g/mol. The number of hydrogen-bond donors (Lipinski definition) is 2. The maximum Gasteiger partial charge on any atom is 0.261 e. The first kappa shape index (κ1) is 28.6. The number of piperidine rings is 1. The fraction of sp³-hybridized carbons (Fsp3) is 0.321. The molecular formula is C28H33N3O6S2. The van der Waals surface area contributed by atoms with Gasteiger partial charge in [0.2, 0.25) is 15.9 Å². The van der Waals surface area contributed by atoms with E-state index in [1.54, 1.807) is 24.3 Å². The van der Waals surface area contributed by atoms with E-state index in [2.05, 4.69) is 10.0 Å². The first-order valence-corrected chi connectivity index (χ1v) is 15.8. The van der Waals surface area contributed by atoms with E-state index in [4.69, 9.17) is 4.74 Å². The Labute approximate surface area is 230 Å². The lowest BCUT2D eigenvalue weighted by Gasteiger charge is -2.31. The zero-order valence-electron chi connectivity index (χ0n) is 21.7. The van der Waals surface area contributed by atoms with Crippen molar-refractivity contribution in [3.05, 3.63) is 84.4 Å². The Morgan fingerprint density at radius 1 is 0.923 bits per heavy atom. The zero-order valence-corrected chi connectivity index (χ0v) is 23.4. The van der Waals surface area contributed by atoms with E-state index in [0.717, 1.165) is 5.56 Å². The van der Waals surface area contributed by atoms with Gasteiger partial charge in [-0.1, -0.05) is 30.3 Å². The number of amides is 1. The van der Waals surface area contributed by atoms with Gasteiger partial charge in [-0.25, -0.2) is 21.1 Å². The maximum atomic E-state index is 12.9. The molecular weight excluding hydrogens is 538 g/mol. The SMILES string of the molecule is COc1ccc(NS(=O)(=O)c2ccc(NC(=O)C3CCCN(S(=O)(=O)CCCc4ccccc4)C3)cc2)cc1. The van der Waals surface area contributed by atoms with Crippen LogP contribution in [0.1, 0.15) is 24.8 Å². The quantitative estimate of drug-likeness (QED) is 0.357. The Morgan fingerprint density at radius 3 is 2.26 bits per heavy atom. The van der Waals surface area contributed by atoms with Gasteiger partial charge >= 0.3 is 0 Å². The van der Waals surface area contributed by atoms with Crippen LogP contribution in [0.2, 0.25) is 0 Å². The van der Waals surface area contributed by atoms with Crippen LogP contribution in [0.3, 0.4) is 0 Å². The fourth-order valence-electron chi connectivity index (χ4n) is 4.48. The van der Waals surface area contributed by atoms with Gasteiger partial charge in [0, 0.05) is 24.5 Å². The van der Waals surface area contributed by atoms with Gasteiger partial charge in [-0.15, -0.1) is 0 Å². The summed E-state index contributed by atoms with van der Waals surface area (Å²) in [6.07, 6.45) is 2.38. The van der Waals surface area contributed by atoms with Crippen LogP contribution in [0, 0.1) is 5.92 Å². The number of aryl methyl sites for hydroxylation is 1. The number of anilines is 2. The molecule has 1 amide bonds. The van der Waals surface area contributed by atoms with Crippen molar-refractivity contribution < 1.29 is 26.4 Å². The van der Waals surface area contributed by atoms with E-state index >= 15 is 0 Å². The van der Waals surface area contributed by atoms with Crippen LogP contribution >= 0.6 is 0 Å². The van der Waals surface area contributed by atoms with Gasteiger partial charge in [-0.2, -0.15) is 0 Å². The second-order valence-corrected chi connectivity index (χ2v) is 13.2. The van der Waals surface area contributed by atoms with E-state index in [9.17, 15) is 21.6 Å². The number of nitrogens with zero attached hydrogens (tertiary/aromatic N) is 1. The van der Waals surface area contributed by atoms with Crippen molar-refractivity contribution in [2.75, 3.05) is 36.0 Å². The molecule has 39 heavy (non-hydrogen) atoms. The number of methoxy groups -OCH3 is 1. The Bertz CT molecular complexity index is 1460. The molecule has 1 saturated heterocycles. The lowest BCUT2D eigenvalue weighted by molar-refractivity contribution is -0.120. The third-order valence-corrected chi connectivity index (χ3v) is 9.95. The van der Waals surface area contributed by atoms with Crippen molar-refractivity contribution in [1.82, 2.24) is 4.31 Å². The summed E-state index contributed by atoms with van der Waals surface area (Å²) in [5, 5.41) is 2.80. The molecule has 0 bridgehead atoms. The number of sulfonamides is 2. The molecule has 1 aliphatic rings. The molecule has 0 spiro atoms. The maximum absolute atomic E-state index is 12.9. The molecule has 1 atom stereocenters. The monoisotopic (exact) mass is 571 g/mol. The number of hydrogen-bond acceptors (Lipinski definition) is 6. The molecule has 1 aliphatic heterocycles. The Balaban J connectivity index is 1.31. The highest BCUT2D eigenvalue weighted by Crippen LogP contribution is 2.24. The van der Waals surface area contributed by atoms with Crippen LogP contribution in [0.5, 0.6) is 5.75 Å². The van der Waals surface area contributed by atoms with E-state index in [1.165, 1.54) is 35.7 Å². The molecule has 4 rings (SSSR count). The summed E-state index contributed by atoms with van der Waals surface area (Å²) in [5.74, 6) is -0.120. The number of carbonyl (C=O) groups excluding carboxylic acids is 1. The second-order valence-electron chi connectivity index (χ2n) is 9.45. The smallest absolute Gasteiger partial charge is 0.261 e. The molecule has 0 saturated carbocycles. The molecule has 3 aromatic carbocycles. The van der Waals surface area contributed by atoms with Gasteiger partial charge in [0.1, 0.15) is 5.75 Å². The third-order valence-electron chi connectivity index (χ3n) is 6.63. The average Bonchev–Trinajstić information content (AvgIpc) is 2.94. The number of rotatable bonds is 11.